The molecule has 1 fully saturated rings. The van der Waals surface area contributed by atoms with E-state index in [1.165, 1.54) is 60.9 Å². The molecule has 0 N–H and O–H groups in total. The van der Waals surface area contributed by atoms with Crippen LogP contribution >= 0.6 is 11.6 Å². The molecule has 0 bridgehead atoms. The first-order valence-electron chi connectivity index (χ1n) is 11.4. The predicted octanol–water partition coefficient (Wildman–Crippen LogP) is 8.75. The second-order valence-corrected chi connectivity index (χ2v) is 9.18. The van der Waals surface area contributed by atoms with Crippen LogP contribution in [-0.2, 0) is 12.8 Å². The molecule has 0 radical (unpaired) electrons. The van der Waals surface area contributed by atoms with Crippen molar-refractivity contribution in [3.8, 4) is 11.1 Å². The molecule has 1 aliphatic carbocycles. The average Bonchev–Trinajstić information content (AvgIpc) is 2.81. The molecule has 0 unspecified atom stereocenters. The lowest BCUT2D eigenvalue weighted by molar-refractivity contribution is 0.310. The van der Waals surface area contributed by atoms with Gasteiger partial charge in [0.25, 0.3) is 0 Å². The van der Waals surface area contributed by atoms with Gasteiger partial charge in [-0.1, -0.05) is 67.1 Å². The van der Waals surface area contributed by atoms with Gasteiger partial charge in [-0.25, -0.2) is 8.78 Å². The Morgan fingerprint density at radius 1 is 0.774 bits per heavy atom. The first-order chi connectivity index (χ1) is 15.0. The third kappa shape index (κ3) is 5.36. The summed E-state index contributed by atoms with van der Waals surface area (Å²) in [7, 11) is 0. The molecule has 0 atom stereocenters. The molecular formula is C28H29ClF2. The molecule has 1 aliphatic rings. The summed E-state index contributed by atoms with van der Waals surface area (Å²) in [6.07, 6.45) is 8.49. The molecular weight excluding hydrogens is 410 g/mol. The van der Waals surface area contributed by atoms with Crippen LogP contribution in [0.15, 0.2) is 60.7 Å². The highest BCUT2D eigenvalue weighted by molar-refractivity contribution is 6.31. The molecule has 162 valence electrons. The van der Waals surface area contributed by atoms with Crippen LogP contribution in [0.2, 0.25) is 5.02 Å². The quantitative estimate of drug-likeness (QED) is 0.337. The number of aryl methyl sites for hydroxylation is 2. The maximum Gasteiger partial charge on any atom is 0.145 e. The zero-order chi connectivity index (χ0) is 21.8. The van der Waals surface area contributed by atoms with Crippen molar-refractivity contribution in [3.63, 3.8) is 0 Å². The Morgan fingerprint density at radius 3 is 1.94 bits per heavy atom. The number of benzene rings is 3. The zero-order valence-electron chi connectivity index (χ0n) is 18.0. The van der Waals surface area contributed by atoms with Crippen molar-refractivity contribution >= 4 is 11.6 Å². The molecule has 0 aromatic heterocycles. The van der Waals surface area contributed by atoms with E-state index in [0.29, 0.717) is 11.5 Å². The van der Waals surface area contributed by atoms with E-state index < -0.39 is 16.7 Å². The Hall–Kier alpha value is -2.19. The topological polar surface area (TPSA) is 0 Å². The first-order valence-corrected chi connectivity index (χ1v) is 11.7. The van der Waals surface area contributed by atoms with Gasteiger partial charge in [0.2, 0.25) is 0 Å². The van der Waals surface area contributed by atoms with Crippen LogP contribution in [-0.4, -0.2) is 0 Å². The highest BCUT2D eigenvalue weighted by Crippen LogP contribution is 2.37. The molecule has 0 amide bonds. The minimum absolute atomic E-state index is 0.451. The molecule has 0 saturated heterocycles. The van der Waals surface area contributed by atoms with Crippen LogP contribution < -0.4 is 0 Å². The molecule has 3 aromatic rings. The van der Waals surface area contributed by atoms with Crippen LogP contribution in [0.25, 0.3) is 11.1 Å². The fourth-order valence-electron chi connectivity index (χ4n) is 4.77. The molecule has 3 heteroatoms. The van der Waals surface area contributed by atoms with E-state index >= 15 is 0 Å². The maximum absolute atomic E-state index is 13.7. The molecule has 4 rings (SSSR count). The Morgan fingerprint density at radius 2 is 1.35 bits per heavy atom. The van der Waals surface area contributed by atoms with Gasteiger partial charge in [0.1, 0.15) is 16.7 Å². The van der Waals surface area contributed by atoms with Gasteiger partial charge in [0.05, 0.1) is 0 Å². The predicted molar refractivity (Wildman–Crippen MR) is 126 cm³/mol. The van der Waals surface area contributed by atoms with Gasteiger partial charge in [-0.3, -0.25) is 0 Å². The van der Waals surface area contributed by atoms with Gasteiger partial charge in [0.15, 0.2) is 0 Å². The first kappa shape index (κ1) is 22.0. The fourth-order valence-corrected chi connectivity index (χ4v) is 4.88. The standard InChI is InChI=1S/C28H29ClF2/c1-2-19-5-11-22(12-6-19)23-13-7-20(8-14-23)3-4-21-9-15-24(16-10-21)25-17-26(30)28(29)27(31)18-25/h5-6,9-12,15-18,20,23H,2-4,7-8,13-14H2,1H3/t20-,23-. The Balaban J connectivity index is 1.29. The van der Waals surface area contributed by atoms with E-state index in [2.05, 4.69) is 43.3 Å². The molecule has 0 spiro atoms. The molecule has 3 aromatic carbocycles. The number of rotatable bonds is 6. The summed E-state index contributed by atoms with van der Waals surface area (Å²) >= 11 is 5.58. The summed E-state index contributed by atoms with van der Waals surface area (Å²) in [5.74, 6) is 0.0437. The van der Waals surface area contributed by atoms with Gasteiger partial charge >= 0.3 is 0 Å². The van der Waals surface area contributed by atoms with Crippen molar-refractivity contribution in [1.82, 2.24) is 0 Å². The van der Waals surface area contributed by atoms with Crippen molar-refractivity contribution in [3.05, 3.63) is 94.0 Å². The Kier molecular flexibility index (Phi) is 7.07. The minimum Gasteiger partial charge on any atom is -0.205 e. The molecule has 0 heterocycles. The summed E-state index contributed by atoms with van der Waals surface area (Å²) in [5.41, 5.74) is 5.50. The van der Waals surface area contributed by atoms with Crippen molar-refractivity contribution in [2.75, 3.05) is 0 Å². The normalized spacial score (nSPS) is 18.8. The van der Waals surface area contributed by atoms with Crippen LogP contribution in [0.1, 0.15) is 61.6 Å². The van der Waals surface area contributed by atoms with E-state index in [-0.39, 0.29) is 0 Å². The van der Waals surface area contributed by atoms with Crippen LogP contribution in [0, 0.1) is 17.6 Å². The highest BCUT2D eigenvalue weighted by atomic mass is 35.5. The van der Waals surface area contributed by atoms with Crippen molar-refractivity contribution in [2.24, 2.45) is 5.92 Å². The summed E-state index contributed by atoms with van der Waals surface area (Å²) in [4.78, 5) is 0. The smallest absolute Gasteiger partial charge is 0.145 e. The van der Waals surface area contributed by atoms with Gasteiger partial charge in [-0.2, -0.15) is 0 Å². The van der Waals surface area contributed by atoms with Gasteiger partial charge in [-0.05, 0) is 96.7 Å². The summed E-state index contributed by atoms with van der Waals surface area (Å²) in [5, 5.41) is -0.451. The fraction of sp³-hybridized carbons (Fsp3) is 0.357. The monoisotopic (exact) mass is 438 g/mol. The maximum atomic E-state index is 13.7. The summed E-state index contributed by atoms with van der Waals surface area (Å²) < 4.78 is 27.5. The van der Waals surface area contributed by atoms with Gasteiger partial charge < -0.3 is 0 Å². The van der Waals surface area contributed by atoms with Crippen LogP contribution in [0.5, 0.6) is 0 Å². The van der Waals surface area contributed by atoms with E-state index in [4.69, 9.17) is 11.6 Å². The zero-order valence-corrected chi connectivity index (χ0v) is 18.8. The largest absolute Gasteiger partial charge is 0.205 e. The number of hydrogen-bond donors (Lipinski definition) is 0. The summed E-state index contributed by atoms with van der Waals surface area (Å²) in [6.45, 7) is 2.20. The van der Waals surface area contributed by atoms with Crippen molar-refractivity contribution in [2.45, 2.75) is 57.8 Å². The average molecular weight is 439 g/mol. The van der Waals surface area contributed by atoms with E-state index in [9.17, 15) is 8.78 Å². The third-order valence-corrected chi connectivity index (χ3v) is 7.18. The third-order valence-electron chi connectivity index (χ3n) is 6.82. The number of halogens is 3. The Bertz CT molecular complexity index is 977. The Labute approximate surface area is 189 Å². The molecule has 0 nitrogen and oxygen atoms in total. The van der Waals surface area contributed by atoms with E-state index in [1.54, 1.807) is 0 Å². The molecule has 31 heavy (non-hydrogen) atoms. The van der Waals surface area contributed by atoms with Crippen LogP contribution in [0.4, 0.5) is 8.78 Å². The minimum atomic E-state index is -0.724. The molecule has 1 saturated carbocycles. The summed E-state index contributed by atoms with van der Waals surface area (Å²) in [6, 6.07) is 19.8. The SMILES string of the molecule is CCc1ccc([C@H]2CC[C@H](CCc3ccc(-c4cc(F)c(Cl)c(F)c4)cc3)CC2)cc1. The lowest BCUT2D eigenvalue weighted by Crippen LogP contribution is -2.14. The lowest BCUT2D eigenvalue weighted by atomic mass is 9.77. The second kappa shape index (κ2) is 9.96. The van der Waals surface area contributed by atoms with Crippen molar-refractivity contribution in [1.29, 1.82) is 0 Å². The van der Waals surface area contributed by atoms with E-state index in [0.717, 1.165) is 24.3 Å². The van der Waals surface area contributed by atoms with E-state index in [1.807, 2.05) is 12.1 Å². The number of hydrogen-bond acceptors (Lipinski definition) is 0. The highest BCUT2D eigenvalue weighted by Gasteiger charge is 2.22. The lowest BCUT2D eigenvalue weighted by Gasteiger charge is -2.29. The van der Waals surface area contributed by atoms with Crippen molar-refractivity contribution < 1.29 is 8.78 Å². The second-order valence-electron chi connectivity index (χ2n) is 8.80. The van der Waals surface area contributed by atoms with Crippen LogP contribution in [0.3, 0.4) is 0 Å². The van der Waals surface area contributed by atoms with Gasteiger partial charge in [0, 0.05) is 0 Å². The molecule has 0 aliphatic heterocycles. The van der Waals surface area contributed by atoms with Gasteiger partial charge in [-0.15, -0.1) is 0 Å².